The van der Waals surface area contributed by atoms with E-state index in [1.54, 1.807) is 23.5 Å². The second-order valence-corrected chi connectivity index (χ2v) is 6.59. The Morgan fingerprint density at radius 1 is 1.33 bits per heavy atom. The lowest BCUT2D eigenvalue weighted by Crippen LogP contribution is -2.25. The highest BCUT2D eigenvalue weighted by Crippen LogP contribution is 2.43. The summed E-state index contributed by atoms with van der Waals surface area (Å²) < 4.78 is 18.8. The summed E-state index contributed by atoms with van der Waals surface area (Å²) in [5.41, 5.74) is 0.954. The maximum atomic E-state index is 13.8. The van der Waals surface area contributed by atoms with Gasteiger partial charge in [-0.25, -0.2) is 4.39 Å². The third-order valence-corrected chi connectivity index (χ3v) is 5.00. The average molecular weight is 305 g/mol. The van der Waals surface area contributed by atoms with Crippen molar-refractivity contribution in [2.45, 2.75) is 31.8 Å². The summed E-state index contributed by atoms with van der Waals surface area (Å²) in [6, 6.07) is 9.95. The van der Waals surface area contributed by atoms with Gasteiger partial charge < -0.3 is 10.1 Å². The van der Waals surface area contributed by atoms with E-state index in [-0.39, 0.29) is 11.9 Å². The molecule has 4 heteroatoms. The van der Waals surface area contributed by atoms with Crippen molar-refractivity contribution in [2.75, 3.05) is 7.11 Å². The number of ether oxygens (including phenoxy) is 1. The van der Waals surface area contributed by atoms with Gasteiger partial charge in [0.2, 0.25) is 0 Å². The molecule has 1 N–H and O–H groups in total. The first-order chi connectivity index (χ1) is 10.2. The van der Waals surface area contributed by atoms with Crippen LogP contribution in [0.5, 0.6) is 5.75 Å². The van der Waals surface area contributed by atoms with Gasteiger partial charge in [-0.1, -0.05) is 12.1 Å². The lowest BCUT2D eigenvalue weighted by molar-refractivity contribution is 0.384. The standard InChI is InChI=1S/C17H20FNOS/c1-11(13-7-8-15(20-2)14(18)10-13)19-17(12-5-6-12)16-4-3-9-21-16/h3-4,7-12,17,19H,5-6H2,1-2H3. The highest BCUT2D eigenvalue weighted by atomic mass is 32.1. The predicted molar refractivity (Wildman–Crippen MR) is 84.3 cm³/mol. The van der Waals surface area contributed by atoms with E-state index in [0.717, 1.165) is 5.56 Å². The van der Waals surface area contributed by atoms with Crippen LogP contribution in [0.25, 0.3) is 0 Å². The average Bonchev–Trinajstić information content (AvgIpc) is 3.18. The number of hydrogen-bond acceptors (Lipinski definition) is 3. The molecule has 21 heavy (non-hydrogen) atoms. The minimum atomic E-state index is -0.303. The first-order valence-electron chi connectivity index (χ1n) is 7.32. The van der Waals surface area contributed by atoms with E-state index in [4.69, 9.17) is 4.74 Å². The van der Waals surface area contributed by atoms with Crippen molar-refractivity contribution < 1.29 is 9.13 Å². The van der Waals surface area contributed by atoms with Crippen molar-refractivity contribution in [3.8, 4) is 5.75 Å². The molecule has 1 fully saturated rings. The van der Waals surface area contributed by atoms with Crippen LogP contribution in [0.2, 0.25) is 0 Å². The van der Waals surface area contributed by atoms with Crippen LogP contribution < -0.4 is 10.1 Å². The normalized spacial score (nSPS) is 17.5. The van der Waals surface area contributed by atoms with Gasteiger partial charge in [0.15, 0.2) is 11.6 Å². The van der Waals surface area contributed by atoms with Gasteiger partial charge in [-0.05, 0) is 54.8 Å². The third-order valence-electron chi connectivity index (χ3n) is 4.05. The monoisotopic (exact) mass is 305 g/mol. The van der Waals surface area contributed by atoms with Crippen LogP contribution in [0.4, 0.5) is 4.39 Å². The van der Waals surface area contributed by atoms with Crippen LogP contribution in [-0.4, -0.2) is 7.11 Å². The van der Waals surface area contributed by atoms with Crippen LogP contribution in [0.1, 0.15) is 42.3 Å². The first-order valence-corrected chi connectivity index (χ1v) is 8.20. The van der Waals surface area contributed by atoms with Crippen LogP contribution >= 0.6 is 11.3 Å². The number of nitrogens with one attached hydrogen (secondary N) is 1. The number of hydrogen-bond donors (Lipinski definition) is 1. The molecule has 1 heterocycles. The summed E-state index contributed by atoms with van der Waals surface area (Å²) >= 11 is 1.79. The Labute approximate surface area is 129 Å². The van der Waals surface area contributed by atoms with Crippen LogP contribution in [0, 0.1) is 11.7 Å². The lowest BCUT2D eigenvalue weighted by Gasteiger charge is -2.23. The van der Waals surface area contributed by atoms with Crippen molar-refractivity contribution in [3.05, 3.63) is 52.0 Å². The Balaban J connectivity index is 1.75. The van der Waals surface area contributed by atoms with E-state index in [0.29, 0.717) is 17.7 Å². The van der Waals surface area contributed by atoms with Gasteiger partial charge in [0, 0.05) is 17.0 Å². The number of rotatable bonds is 6. The Morgan fingerprint density at radius 2 is 2.14 bits per heavy atom. The molecule has 1 aliphatic carbocycles. The van der Waals surface area contributed by atoms with Crippen molar-refractivity contribution >= 4 is 11.3 Å². The molecular formula is C17H20FNOS. The van der Waals surface area contributed by atoms with Crippen molar-refractivity contribution in [1.29, 1.82) is 0 Å². The minimum Gasteiger partial charge on any atom is -0.494 e. The molecule has 0 saturated heterocycles. The third kappa shape index (κ3) is 3.27. The van der Waals surface area contributed by atoms with Gasteiger partial charge in [0.1, 0.15) is 0 Å². The van der Waals surface area contributed by atoms with E-state index >= 15 is 0 Å². The van der Waals surface area contributed by atoms with Gasteiger partial charge in [-0.3, -0.25) is 0 Å². The van der Waals surface area contributed by atoms with Gasteiger partial charge in [-0.15, -0.1) is 11.3 Å². The summed E-state index contributed by atoms with van der Waals surface area (Å²) in [7, 11) is 1.49. The van der Waals surface area contributed by atoms with E-state index in [1.807, 2.05) is 6.07 Å². The maximum Gasteiger partial charge on any atom is 0.165 e. The molecule has 2 nitrogen and oxygen atoms in total. The largest absolute Gasteiger partial charge is 0.494 e. The minimum absolute atomic E-state index is 0.109. The Kier molecular flexibility index (Phi) is 4.27. The molecule has 1 aromatic heterocycles. The van der Waals surface area contributed by atoms with E-state index in [9.17, 15) is 4.39 Å². The SMILES string of the molecule is COc1ccc(C(C)NC(c2cccs2)C2CC2)cc1F. The van der Waals surface area contributed by atoms with Crippen LogP contribution in [-0.2, 0) is 0 Å². The smallest absolute Gasteiger partial charge is 0.165 e. The molecule has 1 aliphatic rings. The summed E-state index contributed by atoms with van der Waals surface area (Å²) in [4.78, 5) is 1.37. The maximum absolute atomic E-state index is 13.8. The molecule has 1 aromatic carbocycles. The molecule has 0 spiro atoms. The second-order valence-electron chi connectivity index (χ2n) is 5.61. The van der Waals surface area contributed by atoms with Crippen LogP contribution in [0.15, 0.2) is 35.7 Å². The topological polar surface area (TPSA) is 21.3 Å². The predicted octanol–water partition coefficient (Wildman–Crippen LogP) is 4.70. The molecular weight excluding hydrogens is 285 g/mol. The van der Waals surface area contributed by atoms with Gasteiger partial charge >= 0.3 is 0 Å². The quantitative estimate of drug-likeness (QED) is 0.835. The molecule has 0 aliphatic heterocycles. The van der Waals surface area contributed by atoms with E-state index < -0.39 is 0 Å². The highest BCUT2D eigenvalue weighted by Gasteiger charge is 2.33. The second kappa shape index (κ2) is 6.16. The number of halogens is 1. The Bertz CT molecular complexity index is 595. The molecule has 3 rings (SSSR count). The summed E-state index contributed by atoms with van der Waals surface area (Å²) in [5.74, 6) is 0.708. The number of thiophene rings is 1. The Morgan fingerprint density at radius 3 is 2.71 bits per heavy atom. The molecule has 0 bridgehead atoms. The fraction of sp³-hybridized carbons (Fsp3) is 0.412. The molecule has 112 valence electrons. The van der Waals surface area contributed by atoms with E-state index in [2.05, 4.69) is 29.8 Å². The van der Waals surface area contributed by atoms with Crippen molar-refractivity contribution in [1.82, 2.24) is 5.32 Å². The van der Waals surface area contributed by atoms with Crippen molar-refractivity contribution in [3.63, 3.8) is 0 Å². The van der Waals surface area contributed by atoms with Gasteiger partial charge in [0.25, 0.3) is 0 Å². The molecule has 0 amide bonds. The molecule has 0 radical (unpaired) electrons. The molecule has 2 atom stereocenters. The number of benzene rings is 1. The summed E-state index contributed by atoms with van der Waals surface area (Å²) in [5, 5.41) is 5.78. The number of methoxy groups -OCH3 is 1. The molecule has 1 saturated carbocycles. The van der Waals surface area contributed by atoms with Gasteiger partial charge in [0.05, 0.1) is 7.11 Å². The van der Waals surface area contributed by atoms with E-state index in [1.165, 1.54) is 24.8 Å². The fourth-order valence-electron chi connectivity index (χ4n) is 2.67. The summed E-state index contributed by atoms with van der Waals surface area (Å²) in [6.45, 7) is 2.09. The molecule has 2 unspecified atom stereocenters. The zero-order valence-electron chi connectivity index (χ0n) is 12.3. The first kappa shape index (κ1) is 14.5. The highest BCUT2D eigenvalue weighted by molar-refractivity contribution is 7.10. The Hall–Kier alpha value is -1.39. The van der Waals surface area contributed by atoms with Crippen LogP contribution in [0.3, 0.4) is 0 Å². The lowest BCUT2D eigenvalue weighted by atomic mass is 10.0. The zero-order valence-corrected chi connectivity index (χ0v) is 13.1. The molecule has 2 aromatic rings. The summed E-state index contributed by atoms with van der Waals surface area (Å²) in [6.07, 6.45) is 2.55. The van der Waals surface area contributed by atoms with Crippen molar-refractivity contribution in [2.24, 2.45) is 5.92 Å². The van der Waals surface area contributed by atoms with Gasteiger partial charge in [-0.2, -0.15) is 0 Å². The fourth-order valence-corrected chi connectivity index (χ4v) is 3.54. The zero-order chi connectivity index (χ0) is 14.8.